The maximum atomic E-state index is 6.46. The van der Waals surface area contributed by atoms with Gasteiger partial charge in [-0.2, -0.15) is 0 Å². The molecule has 1 aromatic rings. The van der Waals surface area contributed by atoms with Crippen molar-refractivity contribution in [1.29, 1.82) is 0 Å². The highest BCUT2D eigenvalue weighted by atomic mass is 16.5. The molecular weight excluding hydrogens is 238 g/mol. The van der Waals surface area contributed by atoms with E-state index >= 15 is 0 Å². The molecule has 0 aromatic heterocycles. The van der Waals surface area contributed by atoms with Crippen molar-refractivity contribution in [3.8, 4) is 5.75 Å². The number of nitrogens with two attached hydrogens (primary N) is 1. The van der Waals surface area contributed by atoms with Crippen molar-refractivity contribution in [3.05, 3.63) is 28.3 Å². The first-order valence-electron chi connectivity index (χ1n) is 6.91. The number of methoxy groups -OCH3 is 1. The van der Waals surface area contributed by atoms with Gasteiger partial charge >= 0.3 is 0 Å². The van der Waals surface area contributed by atoms with Crippen LogP contribution in [0.15, 0.2) is 6.07 Å². The predicted octanol–water partition coefficient (Wildman–Crippen LogP) is 1.48. The highest BCUT2D eigenvalue weighted by Crippen LogP contribution is 2.31. The Morgan fingerprint density at radius 1 is 1.21 bits per heavy atom. The Morgan fingerprint density at radius 2 is 1.84 bits per heavy atom. The summed E-state index contributed by atoms with van der Waals surface area (Å²) in [7, 11) is 1.73. The highest BCUT2D eigenvalue weighted by molar-refractivity contribution is 5.49. The first-order chi connectivity index (χ1) is 9.06. The molecule has 4 nitrogen and oxygen atoms in total. The third kappa shape index (κ3) is 2.76. The zero-order valence-corrected chi connectivity index (χ0v) is 12.4. The number of benzene rings is 1. The lowest BCUT2D eigenvalue weighted by Gasteiger charge is -2.34. The van der Waals surface area contributed by atoms with Gasteiger partial charge in [0.05, 0.1) is 13.3 Å². The first kappa shape index (κ1) is 14.3. The van der Waals surface area contributed by atoms with Gasteiger partial charge in [0.15, 0.2) is 0 Å². The van der Waals surface area contributed by atoms with Gasteiger partial charge in [-0.3, -0.25) is 4.90 Å². The van der Waals surface area contributed by atoms with Crippen molar-refractivity contribution >= 4 is 0 Å². The van der Waals surface area contributed by atoms with Crippen molar-refractivity contribution in [3.63, 3.8) is 0 Å². The summed E-state index contributed by atoms with van der Waals surface area (Å²) >= 11 is 0. The van der Waals surface area contributed by atoms with Crippen LogP contribution in [0.2, 0.25) is 0 Å². The van der Waals surface area contributed by atoms with Crippen molar-refractivity contribution in [2.75, 3.05) is 33.3 Å². The van der Waals surface area contributed by atoms with Gasteiger partial charge in [-0.15, -0.1) is 0 Å². The zero-order valence-electron chi connectivity index (χ0n) is 12.4. The van der Waals surface area contributed by atoms with Gasteiger partial charge in [0.2, 0.25) is 0 Å². The van der Waals surface area contributed by atoms with Crippen molar-refractivity contribution in [1.82, 2.24) is 10.2 Å². The molecule has 1 atom stereocenters. The van der Waals surface area contributed by atoms with Crippen molar-refractivity contribution < 1.29 is 4.74 Å². The van der Waals surface area contributed by atoms with Crippen LogP contribution in [0, 0.1) is 20.8 Å². The van der Waals surface area contributed by atoms with E-state index < -0.39 is 0 Å². The van der Waals surface area contributed by atoms with Gasteiger partial charge in [0.25, 0.3) is 0 Å². The van der Waals surface area contributed by atoms with Gasteiger partial charge in [-0.1, -0.05) is 0 Å². The van der Waals surface area contributed by atoms with E-state index in [0.717, 1.165) is 37.5 Å². The topological polar surface area (TPSA) is 50.5 Å². The molecule has 0 saturated carbocycles. The van der Waals surface area contributed by atoms with Crippen LogP contribution in [-0.4, -0.2) is 38.2 Å². The Balaban J connectivity index is 2.33. The van der Waals surface area contributed by atoms with E-state index in [4.69, 9.17) is 10.5 Å². The maximum Gasteiger partial charge on any atom is 0.124 e. The van der Waals surface area contributed by atoms with E-state index in [2.05, 4.69) is 37.1 Å². The van der Waals surface area contributed by atoms with Gasteiger partial charge in [0.1, 0.15) is 5.75 Å². The molecule has 1 aliphatic heterocycles. The van der Waals surface area contributed by atoms with E-state index in [9.17, 15) is 0 Å². The highest BCUT2D eigenvalue weighted by Gasteiger charge is 2.22. The quantitative estimate of drug-likeness (QED) is 0.867. The minimum atomic E-state index is -0.0228. The smallest absolute Gasteiger partial charge is 0.124 e. The number of rotatable bonds is 3. The molecule has 1 saturated heterocycles. The fourth-order valence-corrected chi connectivity index (χ4v) is 2.87. The molecule has 0 spiro atoms. The van der Waals surface area contributed by atoms with E-state index in [1.54, 1.807) is 7.11 Å². The summed E-state index contributed by atoms with van der Waals surface area (Å²) in [4.78, 5) is 2.34. The lowest BCUT2D eigenvalue weighted by molar-refractivity contribution is 0.176. The zero-order chi connectivity index (χ0) is 14.0. The minimum Gasteiger partial charge on any atom is -0.496 e. The van der Waals surface area contributed by atoms with Crippen LogP contribution in [0.5, 0.6) is 5.75 Å². The Hall–Kier alpha value is -1.10. The number of ether oxygens (including phenoxy) is 1. The Bertz CT molecular complexity index is 453. The molecule has 2 rings (SSSR count). The summed E-state index contributed by atoms with van der Waals surface area (Å²) in [5.41, 5.74) is 11.3. The molecule has 1 heterocycles. The van der Waals surface area contributed by atoms with Crippen LogP contribution in [-0.2, 0) is 0 Å². The van der Waals surface area contributed by atoms with E-state index in [-0.39, 0.29) is 6.17 Å². The average molecular weight is 263 g/mol. The second-order valence-electron chi connectivity index (χ2n) is 5.30. The van der Waals surface area contributed by atoms with Gasteiger partial charge in [-0.25, -0.2) is 0 Å². The number of hydrogen-bond donors (Lipinski definition) is 2. The van der Waals surface area contributed by atoms with Crippen molar-refractivity contribution in [2.24, 2.45) is 5.73 Å². The fourth-order valence-electron chi connectivity index (χ4n) is 2.87. The molecule has 106 valence electrons. The predicted molar refractivity (Wildman–Crippen MR) is 78.6 cm³/mol. The molecule has 1 aliphatic rings. The molecule has 4 heteroatoms. The number of hydrogen-bond acceptors (Lipinski definition) is 4. The minimum absolute atomic E-state index is 0.0228. The second-order valence-corrected chi connectivity index (χ2v) is 5.30. The second kappa shape index (κ2) is 5.90. The molecule has 0 amide bonds. The number of nitrogens with one attached hydrogen (secondary N) is 1. The summed E-state index contributed by atoms with van der Waals surface area (Å²) in [5.74, 6) is 0.980. The number of piperazine rings is 1. The molecular formula is C15H25N3O. The van der Waals surface area contributed by atoms with Gasteiger partial charge < -0.3 is 15.8 Å². The summed E-state index contributed by atoms with van der Waals surface area (Å²) in [6, 6.07) is 2.17. The Morgan fingerprint density at radius 3 is 2.42 bits per heavy atom. The molecule has 3 N–H and O–H groups in total. The molecule has 1 fully saturated rings. The van der Waals surface area contributed by atoms with E-state index in [1.807, 2.05) is 0 Å². The van der Waals surface area contributed by atoms with E-state index in [0.29, 0.717) is 0 Å². The fraction of sp³-hybridized carbons (Fsp3) is 0.600. The van der Waals surface area contributed by atoms with Crippen LogP contribution < -0.4 is 15.8 Å². The van der Waals surface area contributed by atoms with Gasteiger partial charge in [0, 0.05) is 26.2 Å². The Labute approximate surface area is 115 Å². The third-order valence-electron chi connectivity index (χ3n) is 4.13. The molecule has 0 radical (unpaired) electrons. The lowest BCUT2D eigenvalue weighted by Crippen LogP contribution is -2.47. The monoisotopic (exact) mass is 263 g/mol. The van der Waals surface area contributed by atoms with Crippen molar-refractivity contribution in [2.45, 2.75) is 26.9 Å². The summed E-state index contributed by atoms with van der Waals surface area (Å²) in [6.07, 6.45) is -0.0228. The molecule has 0 aliphatic carbocycles. The van der Waals surface area contributed by atoms with Crippen LogP contribution in [0.4, 0.5) is 0 Å². The average Bonchev–Trinajstić information content (AvgIpc) is 2.43. The van der Waals surface area contributed by atoms with Crippen LogP contribution in [0.1, 0.15) is 28.4 Å². The summed E-state index contributed by atoms with van der Waals surface area (Å²) in [5, 5.41) is 3.36. The third-order valence-corrected chi connectivity index (χ3v) is 4.13. The lowest BCUT2D eigenvalue weighted by atomic mass is 9.96. The molecule has 19 heavy (non-hydrogen) atoms. The Kier molecular flexibility index (Phi) is 4.45. The molecule has 1 unspecified atom stereocenters. The molecule has 1 aromatic carbocycles. The van der Waals surface area contributed by atoms with Crippen LogP contribution >= 0.6 is 0 Å². The van der Waals surface area contributed by atoms with Crippen LogP contribution in [0.3, 0.4) is 0 Å². The van der Waals surface area contributed by atoms with E-state index in [1.165, 1.54) is 16.7 Å². The SMILES string of the molecule is COc1c(C)cc(C(N)N2CCNCC2)c(C)c1C. The van der Waals surface area contributed by atoms with Crippen LogP contribution in [0.25, 0.3) is 0 Å². The first-order valence-corrected chi connectivity index (χ1v) is 6.91. The largest absolute Gasteiger partial charge is 0.496 e. The summed E-state index contributed by atoms with van der Waals surface area (Å²) < 4.78 is 5.47. The number of aryl methyl sites for hydroxylation is 1. The number of nitrogens with zero attached hydrogens (tertiary/aromatic N) is 1. The summed E-state index contributed by atoms with van der Waals surface area (Å²) in [6.45, 7) is 10.4. The molecule has 0 bridgehead atoms. The normalized spacial score (nSPS) is 18.4. The maximum absolute atomic E-state index is 6.46. The standard InChI is InChI=1S/C15H25N3O/c1-10-9-13(11(2)12(3)14(10)19-4)15(16)18-7-5-17-6-8-18/h9,15,17H,5-8,16H2,1-4H3. The van der Waals surface area contributed by atoms with Gasteiger partial charge in [-0.05, 0) is 49.1 Å².